The molecule has 1 saturated heterocycles. The Morgan fingerprint density at radius 3 is 2.13 bits per heavy atom. The zero-order valence-corrected chi connectivity index (χ0v) is 21.0. The topological polar surface area (TPSA) is 58.1 Å². The summed E-state index contributed by atoms with van der Waals surface area (Å²) in [6.07, 6.45) is -7.90. The fourth-order valence-corrected chi connectivity index (χ4v) is 5.02. The first-order valence-corrected chi connectivity index (χ1v) is 12.1. The molecule has 0 unspecified atom stereocenters. The normalized spacial score (nSPS) is 24.9. The molecule has 0 aromatic heterocycles. The van der Waals surface area contributed by atoms with Gasteiger partial charge in [-0.15, -0.1) is 0 Å². The fourth-order valence-electron chi connectivity index (χ4n) is 5.02. The minimum Gasteiger partial charge on any atom is -0.382 e. The van der Waals surface area contributed by atoms with Gasteiger partial charge in [-0.2, -0.15) is 31.4 Å². The second kappa shape index (κ2) is 10.7. The first-order chi connectivity index (χ1) is 17.9. The van der Waals surface area contributed by atoms with Crippen molar-refractivity contribution in [1.29, 1.82) is 0 Å². The molecule has 0 amide bonds. The molecular formula is C26H30F6N4O2. The maximum Gasteiger partial charge on any atom is 0.416 e. The number of halogens is 6. The van der Waals surface area contributed by atoms with Crippen molar-refractivity contribution >= 4 is 6.34 Å². The Labute approximate surface area is 217 Å². The Morgan fingerprint density at radius 1 is 0.974 bits per heavy atom. The molecule has 3 atom stereocenters. The number of benzene rings is 2. The molecule has 208 valence electrons. The van der Waals surface area contributed by atoms with Crippen LogP contribution in [0.2, 0.25) is 0 Å². The summed E-state index contributed by atoms with van der Waals surface area (Å²) in [6.45, 7) is 2.93. The van der Waals surface area contributed by atoms with Gasteiger partial charge in [0.2, 0.25) is 0 Å². The lowest BCUT2D eigenvalue weighted by atomic mass is 9.76. The van der Waals surface area contributed by atoms with Crippen molar-refractivity contribution in [3.05, 3.63) is 70.8 Å². The first kappa shape index (κ1) is 28.2. The van der Waals surface area contributed by atoms with Crippen molar-refractivity contribution in [2.75, 3.05) is 33.5 Å². The number of methoxy groups -OCH3 is 1. The standard InChI is InChI=1S/C26H30F6N4O2/c1-18(19-10-21(25(27,28)29)12-22(11-19)26(30,31)32)38-15-24(20-6-4-3-5-7-20)9-8-23(13-33-24,14-37-2)36-16-34-35-17-36/h3-7,10-12,16,18,33,35H,8-9,13-15,17H2,1-2H3/t18-,23+,24-/m1/s1. The van der Waals surface area contributed by atoms with Gasteiger partial charge >= 0.3 is 12.4 Å². The van der Waals surface area contributed by atoms with Gasteiger partial charge < -0.3 is 19.7 Å². The predicted octanol–water partition coefficient (Wildman–Crippen LogP) is 5.27. The fraction of sp³-hybridized carbons (Fsp3) is 0.500. The van der Waals surface area contributed by atoms with Crippen LogP contribution in [0.5, 0.6) is 0 Å². The maximum atomic E-state index is 13.4. The average molecular weight is 545 g/mol. The van der Waals surface area contributed by atoms with Crippen molar-refractivity contribution in [3.63, 3.8) is 0 Å². The van der Waals surface area contributed by atoms with Gasteiger partial charge in [-0.3, -0.25) is 5.43 Å². The van der Waals surface area contributed by atoms with Crippen LogP contribution in [-0.2, 0) is 27.4 Å². The Balaban J connectivity index is 1.59. The quantitative estimate of drug-likeness (QED) is 0.444. The number of hydrazone groups is 1. The summed E-state index contributed by atoms with van der Waals surface area (Å²) in [5.41, 5.74) is -0.205. The van der Waals surface area contributed by atoms with Crippen molar-refractivity contribution in [2.45, 2.75) is 49.3 Å². The number of hydrogen-bond donors (Lipinski definition) is 2. The monoisotopic (exact) mass is 544 g/mol. The molecule has 2 aliphatic rings. The molecule has 1 fully saturated rings. The van der Waals surface area contributed by atoms with E-state index in [4.69, 9.17) is 9.47 Å². The number of nitrogens with one attached hydrogen (secondary N) is 2. The van der Waals surface area contributed by atoms with E-state index in [2.05, 4.69) is 20.7 Å². The van der Waals surface area contributed by atoms with Gasteiger partial charge in [0.15, 0.2) is 0 Å². The smallest absolute Gasteiger partial charge is 0.382 e. The van der Waals surface area contributed by atoms with E-state index < -0.39 is 40.7 Å². The van der Waals surface area contributed by atoms with E-state index in [9.17, 15) is 26.3 Å². The number of nitrogens with zero attached hydrogens (tertiary/aromatic N) is 2. The lowest BCUT2D eigenvalue weighted by Gasteiger charge is -2.50. The van der Waals surface area contributed by atoms with Crippen LogP contribution in [0.25, 0.3) is 0 Å². The Hall–Kier alpha value is -2.83. The highest BCUT2D eigenvalue weighted by atomic mass is 19.4. The van der Waals surface area contributed by atoms with Gasteiger partial charge in [-0.25, -0.2) is 0 Å². The zero-order chi connectivity index (χ0) is 27.6. The number of ether oxygens (including phenoxy) is 2. The van der Waals surface area contributed by atoms with Gasteiger partial charge in [-0.1, -0.05) is 30.3 Å². The number of piperidine rings is 1. The number of rotatable bonds is 8. The molecule has 0 aliphatic carbocycles. The molecule has 0 radical (unpaired) electrons. The molecule has 2 heterocycles. The van der Waals surface area contributed by atoms with Crippen LogP contribution in [0.1, 0.15) is 48.1 Å². The molecule has 4 rings (SSSR count). The highest BCUT2D eigenvalue weighted by Gasteiger charge is 2.47. The summed E-state index contributed by atoms with van der Waals surface area (Å²) < 4.78 is 91.8. The lowest BCUT2D eigenvalue weighted by Crippen LogP contribution is -2.65. The minimum atomic E-state index is -4.93. The van der Waals surface area contributed by atoms with Crippen LogP contribution in [0.4, 0.5) is 26.3 Å². The van der Waals surface area contributed by atoms with Gasteiger partial charge in [0, 0.05) is 13.7 Å². The molecule has 2 N–H and O–H groups in total. The summed E-state index contributed by atoms with van der Waals surface area (Å²) in [5.74, 6) is 0. The summed E-state index contributed by atoms with van der Waals surface area (Å²) in [7, 11) is 1.62. The third-order valence-corrected chi connectivity index (χ3v) is 7.31. The number of alkyl halides is 6. The molecule has 0 bridgehead atoms. The van der Waals surface area contributed by atoms with Crippen LogP contribution >= 0.6 is 0 Å². The van der Waals surface area contributed by atoms with E-state index in [1.165, 1.54) is 6.92 Å². The third kappa shape index (κ3) is 5.92. The van der Waals surface area contributed by atoms with Crippen molar-refractivity contribution in [3.8, 4) is 0 Å². The highest BCUT2D eigenvalue weighted by Crippen LogP contribution is 2.40. The SMILES string of the molecule is COC[C@]1(N2C=NNC2)CC[C@@](CO[C@H](C)c2cc(C(F)(F)F)cc(C(F)(F)F)c2)(c2ccccc2)NC1. The third-order valence-electron chi connectivity index (χ3n) is 7.31. The van der Waals surface area contributed by atoms with Gasteiger partial charge in [0.25, 0.3) is 0 Å². The van der Waals surface area contributed by atoms with E-state index in [1.54, 1.807) is 13.4 Å². The molecule has 2 aromatic carbocycles. The molecule has 38 heavy (non-hydrogen) atoms. The van der Waals surface area contributed by atoms with E-state index in [-0.39, 0.29) is 18.2 Å². The summed E-state index contributed by atoms with van der Waals surface area (Å²) in [6, 6.07) is 11.0. The largest absolute Gasteiger partial charge is 0.416 e. The molecule has 12 heteroatoms. The van der Waals surface area contributed by atoms with Crippen molar-refractivity contribution < 1.29 is 35.8 Å². The first-order valence-electron chi connectivity index (χ1n) is 12.1. The highest BCUT2D eigenvalue weighted by molar-refractivity contribution is 5.58. The van der Waals surface area contributed by atoms with Crippen LogP contribution < -0.4 is 10.7 Å². The number of hydrogen-bond acceptors (Lipinski definition) is 6. The summed E-state index contributed by atoms with van der Waals surface area (Å²) in [5, 5.41) is 7.67. The zero-order valence-electron chi connectivity index (χ0n) is 21.0. The second-order valence-electron chi connectivity index (χ2n) is 9.78. The average Bonchev–Trinajstić information content (AvgIpc) is 3.44. The molecule has 0 saturated carbocycles. The summed E-state index contributed by atoms with van der Waals surface area (Å²) in [4.78, 5) is 2.06. The van der Waals surface area contributed by atoms with Crippen molar-refractivity contribution in [2.24, 2.45) is 5.10 Å². The van der Waals surface area contributed by atoms with Crippen LogP contribution in [0.15, 0.2) is 53.6 Å². The molecule has 0 spiro atoms. The second-order valence-corrected chi connectivity index (χ2v) is 9.78. The van der Waals surface area contributed by atoms with Gasteiger partial charge in [0.05, 0.1) is 41.5 Å². The van der Waals surface area contributed by atoms with E-state index in [0.717, 1.165) is 5.56 Å². The van der Waals surface area contributed by atoms with Gasteiger partial charge in [0.1, 0.15) is 13.0 Å². The Morgan fingerprint density at radius 2 is 1.63 bits per heavy atom. The maximum absolute atomic E-state index is 13.4. The Kier molecular flexibility index (Phi) is 7.96. The summed E-state index contributed by atoms with van der Waals surface area (Å²) >= 11 is 0. The molecule has 2 aliphatic heterocycles. The molecule has 6 nitrogen and oxygen atoms in total. The van der Waals surface area contributed by atoms with Crippen molar-refractivity contribution in [1.82, 2.24) is 15.6 Å². The van der Waals surface area contributed by atoms with Crippen LogP contribution in [0, 0.1) is 0 Å². The van der Waals surface area contributed by atoms with Crippen LogP contribution in [0.3, 0.4) is 0 Å². The Bertz CT molecular complexity index is 1080. The van der Waals surface area contributed by atoms with E-state index in [0.29, 0.717) is 44.8 Å². The van der Waals surface area contributed by atoms with E-state index in [1.807, 2.05) is 30.3 Å². The lowest BCUT2D eigenvalue weighted by molar-refractivity contribution is -0.143. The minimum absolute atomic E-state index is 0.0329. The van der Waals surface area contributed by atoms with E-state index >= 15 is 0 Å². The molecular weight excluding hydrogens is 514 g/mol. The van der Waals surface area contributed by atoms with Crippen LogP contribution in [-0.4, -0.2) is 50.3 Å². The van der Waals surface area contributed by atoms with Gasteiger partial charge in [-0.05, 0) is 49.1 Å². The molecule has 2 aromatic rings. The predicted molar refractivity (Wildman–Crippen MR) is 129 cm³/mol.